The Balaban J connectivity index is 1.92. The zero-order valence-corrected chi connectivity index (χ0v) is 11.6. The van der Waals surface area contributed by atoms with Gasteiger partial charge in [0.05, 0.1) is 5.69 Å². The molecule has 3 aromatic heterocycles. The van der Waals surface area contributed by atoms with Crippen molar-refractivity contribution in [1.29, 1.82) is 0 Å². The average Bonchev–Trinajstić information content (AvgIpc) is 3.14. The summed E-state index contributed by atoms with van der Waals surface area (Å²) in [7, 11) is 0. The highest BCUT2D eigenvalue weighted by Gasteiger charge is 2.38. The lowest BCUT2D eigenvalue weighted by molar-refractivity contribution is -0.139. The normalized spacial score (nSPS) is 13.4. The summed E-state index contributed by atoms with van der Waals surface area (Å²) < 4.78 is 51.2. The van der Waals surface area contributed by atoms with E-state index in [1.165, 1.54) is 11.6 Å². The van der Waals surface area contributed by atoms with Crippen molar-refractivity contribution in [1.82, 2.24) is 25.0 Å². The number of nitrogens with zero attached hydrogens (tertiary/aromatic N) is 5. The van der Waals surface area contributed by atoms with Gasteiger partial charge < -0.3 is 9.15 Å². The Hall–Kier alpha value is -2.91. The Bertz CT molecular complexity index is 886. The van der Waals surface area contributed by atoms with Crippen molar-refractivity contribution in [2.24, 2.45) is 0 Å². The standard InChI is InChI=1S/C13H8F3N5O2/c1-6-2-8(13(14,15)16)10-11(18-6)21-7(4-22-10)3-9(20-21)12-19-17-5-23-12/h2-3,5H,4H2,1H3. The Morgan fingerprint density at radius 3 is 2.78 bits per heavy atom. The molecule has 4 rings (SSSR count). The van der Waals surface area contributed by atoms with E-state index >= 15 is 0 Å². The van der Waals surface area contributed by atoms with Gasteiger partial charge in [0.2, 0.25) is 6.39 Å². The van der Waals surface area contributed by atoms with Crippen molar-refractivity contribution in [2.45, 2.75) is 19.7 Å². The summed E-state index contributed by atoms with van der Waals surface area (Å²) in [5.41, 5.74) is 0.214. The maximum atomic E-state index is 13.2. The van der Waals surface area contributed by atoms with E-state index in [2.05, 4.69) is 20.3 Å². The summed E-state index contributed by atoms with van der Waals surface area (Å²) in [5, 5.41) is 11.5. The lowest BCUT2D eigenvalue weighted by Gasteiger charge is -2.22. The van der Waals surface area contributed by atoms with E-state index in [9.17, 15) is 13.2 Å². The maximum Gasteiger partial charge on any atom is 0.420 e. The van der Waals surface area contributed by atoms with E-state index in [1.807, 2.05) is 0 Å². The highest BCUT2D eigenvalue weighted by Crippen LogP contribution is 2.41. The minimum atomic E-state index is -4.54. The summed E-state index contributed by atoms with van der Waals surface area (Å²) in [6, 6.07) is 2.56. The Morgan fingerprint density at radius 2 is 2.09 bits per heavy atom. The molecular formula is C13H8F3N5O2. The fourth-order valence-electron chi connectivity index (χ4n) is 2.38. The molecule has 0 fully saturated rings. The summed E-state index contributed by atoms with van der Waals surface area (Å²) in [6.07, 6.45) is -3.40. The van der Waals surface area contributed by atoms with Gasteiger partial charge in [0.25, 0.3) is 5.89 Å². The highest BCUT2D eigenvalue weighted by atomic mass is 19.4. The molecule has 3 aromatic rings. The van der Waals surface area contributed by atoms with Crippen molar-refractivity contribution < 1.29 is 22.3 Å². The molecule has 0 atom stereocenters. The van der Waals surface area contributed by atoms with Crippen LogP contribution in [0, 0.1) is 6.92 Å². The molecule has 0 aliphatic carbocycles. The lowest BCUT2D eigenvalue weighted by atomic mass is 10.2. The predicted molar refractivity (Wildman–Crippen MR) is 68.7 cm³/mol. The molecule has 0 unspecified atom stereocenters. The van der Waals surface area contributed by atoms with Crippen LogP contribution in [0.5, 0.6) is 5.75 Å². The van der Waals surface area contributed by atoms with Gasteiger partial charge in [-0.25, -0.2) is 9.67 Å². The molecule has 0 amide bonds. The van der Waals surface area contributed by atoms with Gasteiger partial charge in [0, 0.05) is 5.69 Å². The number of aryl methyl sites for hydroxylation is 1. The summed E-state index contributed by atoms with van der Waals surface area (Å²) in [4.78, 5) is 4.13. The monoisotopic (exact) mass is 323 g/mol. The number of pyridine rings is 1. The van der Waals surface area contributed by atoms with Crippen LogP contribution in [0.1, 0.15) is 17.0 Å². The van der Waals surface area contributed by atoms with E-state index in [0.29, 0.717) is 11.4 Å². The largest absolute Gasteiger partial charge is 0.483 e. The first-order chi connectivity index (χ1) is 10.9. The molecule has 0 bridgehead atoms. The van der Waals surface area contributed by atoms with Crippen LogP contribution in [0.4, 0.5) is 13.2 Å². The van der Waals surface area contributed by atoms with Crippen molar-refractivity contribution in [3.8, 4) is 23.2 Å². The molecule has 0 saturated heterocycles. The van der Waals surface area contributed by atoms with E-state index in [1.54, 1.807) is 6.07 Å². The molecule has 1 aliphatic rings. The summed E-state index contributed by atoms with van der Waals surface area (Å²) in [6.45, 7) is 1.41. The van der Waals surface area contributed by atoms with Crippen molar-refractivity contribution >= 4 is 0 Å². The molecule has 10 heteroatoms. The SMILES string of the molecule is Cc1cc(C(F)(F)F)c2c(n1)-n1nc(-c3nnco3)cc1CO2. The first-order valence-corrected chi connectivity index (χ1v) is 6.51. The number of ether oxygens (including phenoxy) is 1. The Morgan fingerprint density at radius 1 is 1.26 bits per heavy atom. The van der Waals surface area contributed by atoms with Crippen LogP contribution in [0.15, 0.2) is 22.9 Å². The fourth-order valence-corrected chi connectivity index (χ4v) is 2.38. The van der Waals surface area contributed by atoms with Crippen molar-refractivity contribution in [3.05, 3.63) is 35.5 Å². The molecule has 4 heterocycles. The second kappa shape index (κ2) is 4.54. The minimum Gasteiger partial charge on any atom is -0.483 e. The Labute approximate surface area is 126 Å². The zero-order valence-electron chi connectivity index (χ0n) is 11.6. The molecule has 7 nitrogen and oxygen atoms in total. The van der Waals surface area contributed by atoms with E-state index in [0.717, 1.165) is 12.5 Å². The number of fused-ring (bicyclic) bond motifs is 3. The van der Waals surface area contributed by atoms with Crippen LogP contribution in [0.3, 0.4) is 0 Å². The topological polar surface area (TPSA) is 78.9 Å². The molecule has 1 aliphatic heterocycles. The van der Waals surface area contributed by atoms with Gasteiger partial charge in [-0.3, -0.25) is 0 Å². The molecule has 0 radical (unpaired) electrons. The third-order valence-corrected chi connectivity index (χ3v) is 3.32. The average molecular weight is 323 g/mol. The van der Waals surface area contributed by atoms with Gasteiger partial charge in [-0.2, -0.15) is 18.3 Å². The molecule has 0 aromatic carbocycles. The Kier molecular flexibility index (Phi) is 2.71. The maximum absolute atomic E-state index is 13.2. The lowest BCUT2D eigenvalue weighted by Crippen LogP contribution is -2.20. The third kappa shape index (κ3) is 2.14. The second-order valence-electron chi connectivity index (χ2n) is 4.93. The van der Waals surface area contributed by atoms with Crippen LogP contribution < -0.4 is 4.74 Å². The number of rotatable bonds is 1. The van der Waals surface area contributed by atoms with Crippen LogP contribution in [-0.4, -0.2) is 25.0 Å². The quantitative estimate of drug-likeness (QED) is 0.685. The molecular weight excluding hydrogens is 315 g/mol. The number of halogens is 3. The van der Waals surface area contributed by atoms with Gasteiger partial charge in [-0.15, -0.1) is 10.2 Å². The van der Waals surface area contributed by atoms with E-state index in [-0.39, 0.29) is 29.8 Å². The van der Waals surface area contributed by atoms with Crippen LogP contribution in [-0.2, 0) is 12.8 Å². The highest BCUT2D eigenvalue weighted by molar-refractivity contribution is 5.55. The van der Waals surface area contributed by atoms with Crippen LogP contribution in [0.25, 0.3) is 17.4 Å². The fraction of sp³-hybridized carbons (Fsp3) is 0.231. The molecule has 0 spiro atoms. The number of alkyl halides is 3. The van der Waals surface area contributed by atoms with E-state index in [4.69, 9.17) is 9.15 Å². The van der Waals surface area contributed by atoms with Crippen LogP contribution in [0.2, 0.25) is 0 Å². The van der Waals surface area contributed by atoms with Gasteiger partial charge in [0.1, 0.15) is 12.2 Å². The molecule has 118 valence electrons. The van der Waals surface area contributed by atoms with Gasteiger partial charge in [-0.1, -0.05) is 0 Å². The molecule has 0 N–H and O–H groups in total. The van der Waals surface area contributed by atoms with Crippen molar-refractivity contribution in [2.75, 3.05) is 0 Å². The number of hydrogen-bond acceptors (Lipinski definition) is 6. The van der Waals surface area contributed by atoms with E-state index < -0.39 is 11.7 Å². The molecule has 23 heavy (non-hydrogen) atoms. The minimum absolute atomic E-state index is 0.00987. The van der Waals surface area contributed by atoms with Gasteiger partial charge in [-0.05, 0) is 19.1 Å². The first-order valence-electron chi connectivity index (χ1n) is 6.51. The zero-order chi connectivity index (χ0) is 16.2. The van der Waals surface area contributed by atoms with Gasteiger partial charge >= 0.3 is 6.18 Å². The molecule has 0 saturated carbocycles. The number of aromatic nitrogens is 5. The summed E-state index contributed by atoms with van der Waals surface area (Å²) in [5.74, 6) is -0.183. The smallest absolute Gasteiger partial charge is 0.420 e. The second-order valence-corrected chi connectivity index (χ2v) is 4.93. The summed E-state index contributed by atoms with van der Waals surface area (Å²) >= 11 is 0. The predicted octanol–water partition coefficient (Wildman–Crippen LogP) is 2.54. The third-order valence-electron chi connectivity index (χ3n) is 3.32. The van der Waals surface area contributed by atoms with Crippen LogP contribution >= 0.6 is 0 Å². The van der Waals surface area contributed by atoms with Crippen molar-refractivity contribution in [3.63, 3.8) is 0 Å². The first kappa shape index (κ1) is 13.7. The number of hydrogen-bond donors (Lipinski definition) is 0. The van der Waals surface area contributed by atoms with Gasteiger partial charge in [0.15, 0.2) is 17.3 Å².